The van der Waals surface area contributed by atoms with E-state index in [1.807, 2.05) is 24.3 Å². The van der Waals surface area contributed by atoms with Crippen molar-refractivity contribution in [3.05, 3.63) is 35.5 Å². The van der Waals surface area contributed by atoms with Gasteiger partial charge in [-0.15, -0.1) is 0 Å². The third-order valence-electron chi connectivity index (χ3n) is 3.06. The van der Waals surface area contributed by atoms with Crippen LogP contribution in [0, 0.1) is 0 Å². The van der Waals surface area contributed by atoms with Crippen LogP contribution in [0.4, 0.5) is 5.69 Å². The number of nitrogens with one attached hydrogen (secondary N) is 1. The second-order valence-electron chi connectivity index (χ2n) is 4.48. The second kappa shape index (κ2) is 6.60. The zero-order valence-electron chi connectivity index (χ0n) is 10.7. The number of halogens is 1. The highest BCUT2D eigenvalue weighted by atomic mass is 35.5. The first-order valence-corrected chi connectivity index (χ1v) is 6.98. The van der Waals surface area contributed by atoms with Crippen LogP contribution < -0.4 is 5.32 Å². The molecule has 1 N–H and O–H groups in total. The predicted octanol–water partition coefficient (Wildman–Crippen LogP) is 4.88. The minimum atomic E-state index is 0.759. The maximum absolute atomic E-state index is 6.16. The van der Waals surface area contributed by atoms with Crippen LogP contribution in [-0.2, 0) is 0 Å². The number of pyridine rings is 1. The molecule has 1 heterocycles. The number of fused-ring (bicyclic) bond motifs is 1. The molecule has 0 fully saturated rings. The fourth-order valence-electron chi connectivity index (χ4n) is 2.06. The Bertz CT molecular complexity index is 511. The van der Waals surface area contributed by atoms with Crippen LogP contribution in [-0.4, -0.2) is 11.5 Å². The molecule has 1 aromatic heterocycles. The molecule has 2 rings (SSSR count). The summed E-state index contributed by atoms with van der Waals surface area (Å²) in [5.41, 5.74) is 2.03. The van der Waals surface area contributed by atoms with E-state index >= 15 is 0 Å². The van der Waals surface area contributed by atoms with Gasteiger partial charge in [-0.25, -0.2) is 0 Å². The number of hydrogen-bond acceptors (Lipinski definition) is 2. The highest BCUT2D eigenvalue weighted by Crippen LogP contribution is 2.27. The van der Waals surface area contributed by atoms with E-state index in [4.69, 9.17) is 11.6 Å². The van der Waals surface area contributed by atoms with Crippen molar-refractivity contribution in [1.29, 1.82) is 0 Å². The Morgan fingerprint density at radius 1 is 1.17 bits per heavy atom. The highest BCUT2D eigenvalue weighted by molar-refractivity contribution is 6.35. The standard InChI is InChI=1S/C15H19ClN2/c1-2-3-4-5-10-17-14-9-8-13(16)12-7-6-11-18-15(12)14/h6-9,11,17H,2-5,10H2,1H3. The molecule has 0 spiro atoms. The molecular weight excluding hydrogens is 244 g/mol. The van der Waals surface area contributed by atoms with Gasteiger partial charge in [0.25, 0.3) is 0 Å². The molecule has 0 aliphatic rings. The molecule has 2 nitrogen and oxygen atoms in total. The summed E-state index contributed by atoms with van der Waals surface area (Å²) in [5.74, 6) is 0. The fourth-order valence-corrected chi connectivity index (χ4v) is 2.27. The van der Waals surface area contributed by atoms with E-state index in [2.05, 4.69) is 17.2 Å². The lowest BCUT2D eigenvalue weighted by Gasteiger charge is -2.09. The van der Waals surface area contributed by atoms with E-state index in [0.29, 0.717) is 0 Å². The van der Waals surface area contributed by atoms with Crippen molar-refractivity contribution in [2.24, 2.45) is 0 Å². The van der Waals surface area contributed by atoms with Gasteiger partial charge in [0, 0.05) is 18.1 Å². The van der Waals surface area contributed by atoms with Crippen LogP contribution in [0.5, 0.6) is 0 Å². The maximum Gasteiger partial charge on any atom is 0.0948 e. The Hall–Kier alpha value is -1.28. The smallest absolute Gasteiger partial charge is 0.0948 e. The Labute approximate surface area is 113 Å². The highest BCUT2D eigenvalue weighted by Gasteiger charge is 2.04. The van der Waals surface area contributed by atoms with Crippen LogP contribution in [0.2, 0.25) is 5.02 Å². The van der Waals surface area contributed by atoms with E-state index < -0.39 is 0 Å². The Balaban J connectivity index is 2.07. The van der Waals surface area contributed by atoms with E-state index in [0.717, 1.165) is 28.2 Å². The monoisotopic (exact) mass is 262 g/mol. The van der Waals surface area contributed by atoms with E-state index in [1.165, 1.54) is 25.7 Å². The molecular formula is C15H19ClN2. The molecule has 2 aromatic rings. The summed E-state index contributed by atoms with van der Waals surface area (Å²) in [6.45, 7) is 3.22. The van der Waals surface area contributed by atoms with Gasteiger partial charge in [0.1, 0.15) is 0 Å². The summed E-state index contributed by atoms with van der Waals surface area (Å²) >= 11 is 6.16. The van der Waals surface area contributed by atoms with Crippen molar-refractivity contribution in [3.63, 3.8) is 0 Å². The van der Waals surface area contributed by atoms with Gasteiger partial charge >= 0.3 is 0 Å². The molecule has 1 aromatic carbocycles. The quantitative estimate of drug-likeness (QED) is 0.751. The lowest BCUT2D eigenvalue weighted by molar-refractivity contribution is 0.685. The van der Waals surface area contributed by atoms with Crippen LogP contribution in [0.15, 0.2) is 30.5 Å². The van der Waals surface area contributed by atoms with E-state index in [-0.39, 0.29) is 0 Å². The number of nitrogens with zero attached hydrogens (tertiary/aromatic N) is 1. The van der Waals surface area contributed by atoms with Gasteiger partial charge in [0.05, 0.1) is 16.2 Å². The molecule has 0 atom stereocenters. The van der Waals surface area contributed by atoms with Crippen LogP contribution in [0.3, 0.4) is 0 Å². The molecule has 0 bridgehead atoms. The molecule has 0 unspecified atom stereocenters. The topological polar surface area (TPSA) is 24.9 Å². The summed E-state index contributed by atoms with van der Waals surface area (Å²) in [7, 11) is 0. The summed E-state index contributed by atoms with van der Waals surface area (Å²) in [5, 5.41) is 5.22. The van der Waals surface area contributed by atoms with Crippen LogP contribution >= 0.6 is 11.6 Å². The molecule has 0 amide bonds. The zero-order valence-corrected chi connectivity index (χ0v) is 11.5. The van der Waals surface area contributed by atoms with Gasteiger partial charge in [0.2, 0.25) is 0 Å². The van der Waals surface area contributed by atoms with Gasteiger partial charge in [-0.3, -0.25) is 4.98 Å². The van der Waals surface area contributed by atoms with Crippen molar-refractivity contribution in [1.82, 2.24) is 4.98 Å². The van der Waals surface area contributed by atoms with Gasteiger partial charge in [-0.1, -0.05) is 37.8 Å². The number of rotatable bonds is 6. The third kappa shape index (κ3) is 3.14. The third-order valence-corrected chi connectivity index (χ3v) is 3.39. The van der Waals surface area contributed by atoms with Crippen molar-refractivity contribution in [2.75, 3.05) is 11.9 Å². The molecule has 0 saturated heterocycles. The Kier molecular flexibility index (Phi) is 4.82. The molecule has 96 valence electrons. The Morgan fingerprint density at radius 2 is 2.06 bits per heavy atom. The summed E-state index contributed by atoms with van der Waals surface area (Å²) in [6.07, 6.45) is 6.86. The second-order valence-corrected chi connectivity index (χ2v) is 4.89. The van der Waals surface area contributed by atoms with Gasteiger partial charge < -0.3 is 5.32 Å². The molecule has 18 heavy (non-hydrogen) atoms. The van der Waals surface area contributed by atoms with Crippen LogP contribution in [0.25, 0.3) is 10.9 Å². The number of benzene rings is 1. The maximum atomic E-state index is 6.16. The molecule has 0 aliphatic carbocycles. The Morgan fingerprint density at radius 3 is 2.89 bits per heavy atom. The molecule has 0 saturated carbocycles. The molecule has 3 heteroatoms. The lowest BCUT2D eigenvalue weighted by atomic mass is 10.1. The number of hydrogen-bond donors (Lipinski definition) is 1. The molecule has 0 radical (unpaired) electrons. The fraction of sp³-hybridized carbons (Fsp3) is 0.400. The largest absolute Gasteiger partial charge is 0.383 e. The first kappa shape index (κ1) is 13.2. The minimum absolute atomic E-state index is 0.759. The first-order chi connectivity index (χ1) is 8.83. The van der Waals surface area contributed by atoms with E-state index in [1.54, 1.807) is 6.20 Å². The average Bonchev–Trinajstić information content (AvgIpc) is 2.41. The number of aromatic nitrogens is 1. The van der Waals surface area contributed by atoms with Gasteiger partial charge in [-0.2, -0.15) is 0 Å². The first-order valence-electron chi connectivity index (χ1n) is 6.60. The summed E-state index contributed by atoms with van der Waals surface area (Å²) in [4.78, 5) is 4.41. The van der Waals surface area contributed by atoms with Crippen molar-refractivity contribution in [3.8, 4) is 0 Å². The number of anilines is 1. The summed E-state index contributed by atoms with van der Waals surface area (Å²) < 4.78 is 0. The molecule has 0 aliphatic heterocycles. The van der Waals surface area contributed by atoms with Crippen molar-refractivity contribution in [2.45, 2.75) is 32.6 Å². The normalized spacial score (nSPS) is 10.8. The predicted molar refractivity (Wildman–Crippen MR) is 79.4 cm³/mol. The lowest BCUT2D eigenvalue weighted by Crippen LogP contribution is -2.02. The minimum Gasteiger partial charge on any atom is -0.383 e. The van der Waals surface area contributed by atoms with E-state index in [9.17, 15) is 0 Å². The van der Waals surface area contributed by atoms with Crippen molar-refractivity contribution < 1.29 is 0 Å². The number of unbranched alkanes of at least 4 members (excludes halogenated alkanes) is 3. The average molecular weight is 263 g/mol. The van der Waals surface area contributed by atoms with Crippen molar-refractivity contribution >= 4 is 28.2 Å². The van der Waals surface area contributed by atoms with Gasteiger partial charge in [0.15, 0.2) is 0 Å². The van der Waals surface area contributed by atoms with Gasteiger partial charge in [-0.05, 0) is 30.7 Å². The van der Waals surface area contributed by atoms with Crippen LogP contribution in [0.1, 0.15) is 32.6 Å². The SMILES string of the molecule is CCCCCCNc1ccc(Cl)c2cccnc12. The zero-order chi connectivity index (χ0) is 12.8. The summed E-state index contributed by atoms with van der Waals surface area (Å²) in [6, 6.07) is 7.86.